The molecule has 4 amide bonds. The molecule has 1 aliphatic heterocycles. The minimum atomic E-state index is -1.21. The third-order valence-corrected chi connectivity index (χ3v) is 7.47. The van der Waals surface area contributed by atoms with Gasteiger partial charge in [0.05, 0.1) is 22.4 Å². The molecule has 2 aliphatic carbocycles. The Bertz CT molecular complexity index is 1270. The Morgan fingerprint density at radius 1 is 0.919 bits per heavy atom. The van der Waals surface area contributed by atoms with E-state index in [1.807, 2.05) is 18.2 Å². The van der Waals surface area contributed by atoms with Crippen LogP contribution in [0.15, 0.2) is 66.7 Å². The van der Waals surface area contributed by atoms with E-state index >= 15 is 0 Å². The van der Waals surface area contributed by atoms with Crippen LogP contribution < -0.4 is 10.9 Å². The lowest BCUT2D eigenvalue weighted by Crippen LogP contribution is -2.49. The van der Waals surface area contributed by atoms with E-state index in [2.05, 4.69) is 10.9 Å². The molecule has 2 aromatic rings. The van der Waals surface area contributed by atoms with Crippen molar-refractivity contribution in [2.75, 3.05) is 6.61 Å². The molecule has 3 aliphatic rings. The van der Waals surface area contributed by atoms with Gasteiger partial charge in [-0.25, -0.2) is 4.79 Å². The number of likely N-dealkylation sites (tertiary alicyclic amines) is 1. The number of fused-ring (bicyclic) bond motifs is 5. The lowest BCUT2D eigenvalue weighted by atomic mass is 9.85. The molecule has 0 spiro atoms. The van der Waals surface area contributed by atoms with E-state index in [-0.39, 0.29) is 40.7 Å². The van der Waals surface area contributed by atoms with Crippen molar-refractivity contribution in [1.29, 1.82) is 0 Å². The van der Waals surface area contributed by atoms with Crippen LogP contribution in [0.1, 0.15) is 22.3 Å². The molecule has 10 heteroatoms. The first-order valence-corrected chi connectivity index (χ1v) is 12.3. The number of ether oxygens (including phenoxy) is 1. The SMILES string of the molecule is O=C(COC(=O)[C@H](Cc1ccccc1)N1C(=O)[C@@H]2[C@@H](C1=O)[C@H]1C=C[C@H]2C1)NNC(=O)c1ccccc1Cl. The van der Waals surface area contributed by atoms with E-state index in [0.717, 1.165) is 16.9 Å². The molecule has 2 fully saturated rings. The van der Waals surface area contributed by atoms with Gasteiger partial charge in [0, 0.05) is 6.42 Å². The van der Waals surface area contributed by atoms with Gasteiger partial charge in [-0.15, -0.1) is 0 Å². The third kappa shape index (κ3) is 4.74. The molecule has 5 rings (SSSR count). The number of esters is 1. The fourth-order valence-corrected chi connectivity index (χ4v) is 5.68. The molecule has 2 aromatic carbocycles. The van der Waals surface area contributed by atoms with E-state index in [4.69, 9.17) is 16.3 Å². The summed E-state index contributed by atoms with van der Waals surface area (Å²) in [5.74, 6) is -4.00. The van der Waals surface area contributed by atoms with Gasteiger partial charge >= 0.3 is 5.97 Å². The Labute approximate surface area is 217 Å². The summed E-state index contributed by atoms with van der Waals surface area (Å²) in [6.07, 6.45) is 4.79. The molecule has 2 N–H and O–H groups in total. The van der Waals surface area contributed by atoms with Crippen LogP contribution in [0.4, 0.5) is 0 Å². The standard InChI is InChI=1S/C27H24ClN3O6/c28-19-9-5-4-8-18(19)24(33)30-29-21(32)14-37-27(36)20(12-15-6-2-1-3-7-15)31-25(34)22-16-10-11-17(13-16)23(22)26(31)35/h1-11,16-17,20,22-23H,12-14H2,(H,29,32)(H,30,33)/t16-,17-,20-,22-,23-/m0/s1. The average molecular weight is 522 g/mol. The predicted octanol–water partition coefficient (Wildman–Crippen LogP) is 2.06. The number of carbonyl (C=O) groups excluding carboxylic acids is 5. The van der Waals surface area contributed by atoms with Gasteiger partial charge in [-0.2, -0.15) is 0 Å². The Morgan fingerprint density at radius 2 is 1.54 bits per heavy atom. The summed E-state index contributed by atoms with van der Waals surface area (Å²) >= 11 is 5.97. The molecule has 37 heavy (non-hydrogen) atoms. The van der Waals surface area contributed by atoms with Gasteiger partial charge in [0.1, 0.15) is 6.04 Å². The molecule has 5 atom stereocenters. The fourth-order valence-electron chi connectivity index (χ4n) is 5.46. The Kier molecular flexibility index (Phi) is 6.80. The van der Waals surface area contributed by atoms with Crippen LogP contribution in [0.25, 0.3) is 0 Å². The van der Waals surface area contributed by atoms with Crippen molar-refractivity contribution in [2.45, 2.75) is 18.9 Å². The molecule has 2 bridgehead atoms. The third-order valence-electron chi connectivity index (χ3n) is 7.14. The number of halogens is 1. The van der Waals surface area contributed by atoms with Gasteiger partial charge in [-0.1, -0.05) is 66.2 Å². The largest absolute Gasteiger partial charge is 0.454 e. The summed E-state index contributed by atoms with van der Waals surface area (Å²) in [6, 6.07) is 14.1. The molecule has 0 unspecified atom stereocenters. The molecule has 1 heterocycles. The van der Waals surface area contributed by atoms with Crippen molar-refractivity contribution < 1.29 is 28.7 Å². The van der Waals surface area contributed by atoms with Crippen LogP contribution in [0.2, 0.25) is 5.02 Å². The maximum absolute atomic E-state index is 13.3. The number of hydrogen-bond acceptors (Lipinski definition) is 6. The summed E-state index contributed by atoms with van der Waals surface area (Å²) in [7, 11) is 0. The van der Waals surface area contributed by atoms with E-state index < -0.39 is 42.3 Å². The van der Waals surface area contributed by atoms with Crippen LogP contribution in [0, 0.1) is 23.7 Å². The van der Waals surface area contributed by atoms with Crippen LogP contribution >= 0.6 is 11.6 Å². The van der Waals surface area contributed by atoms with Gasteiger partial charge in [0.15, 0.2) is 6.61 Å². The first-order valence-electron chi connectivity index (χ1n) is 11.9. The molecular formula is C27H24ClN3O6. The molecule has 1 saturated heterocycles. The lowest BCUT2D eigenvalue weighted by molar-refractivity contribution is -0.160. The number of nitrogens with zero attached hydrogens (tertiary/aromatic N) is 1. The van der Waals surface area contributed by atoms with Crippen molar-refractivity contribution in [3.63, 3.8) is 0 Å². The van der Waals surface area contributed by atoms with E-state index in [1.54, 1.807) is 36.4 Å². The zero-order valence-corrected chi connectivity index (χ0v) is 20.4. The zero-order valence-electron chi connectivity index (χ0n) is 19.6. The normalized spacial score (nSPS) is 24.1. The Hall–Kier alpha value is -3.98. The van der Waals surface area contributed by atoms with Crippen molar-refractivity contribution in [1.82, 2.24) is 15.8 Å². The number of allylic oxidation sites excluding steroid dienone is 2. The fraction of sp³-hybridized carbons (Fsp3) is 0.296. The van der Waals surface area contributed by atoms with Crippen LogP contribution in [0.5, 0.6) is 0 Å². The minimum Gasteiger partial charge on any atom is -0.454 e. The number of hydrogen-bond donors (Lipinski definition) is 2. The van der Waals surface area contributed by atoms with Crippen molar-refractivity contribution in [3.8, 4) is 0 Å². The predicted molar refractivity (Wildman–Crippen MR) is 132 cm³/mol. The van der Waals surface area contributed by atoms with Crippen LogP contribution in [0.3, 0.4) is 0 Å². The summed E-state index contributed by atoms with van der Waals surface area (Å²) in [5.41, 5.74) is 5.26. The number of imide groups is 1. The first-order chi connectivity index (χ1) is 17.8. The molecule has 1 saturated carbocycles. The summed E-state index contributed by atoms with van der Waals surface area (Å²) in [4.78, 5) is 65.3. The number of benzene rings is 2. The van der Waals surface area contributed by atoms with E-state index in [9.17, 15) is 24.0 Å². The van der Waals surface area contributed by atoms with Gasteiger partial charge in [-0.3, -0.25) is 34.9 Å². The van der Waals surface area contributed by atoms with Gasteiger partial charge in [0.25, 0.3) is 11.8 Å². The number of amides is 4. The van der Waals surface area contributed by atoms with E-state index in [1.165, 1.54) is 12.1 Å². The number of hydrazine groups is 1. The summed E-state index contributed by atoms with van der Waals surface area (Å²) < 4.78 is 5.21. The Balaban J connectivity index is 1.25. The highest BCUT2D eigenvalue weighted by atomic mass is 35.5. The highest BCUT2D eigenvalue weighted by Gasteiger charge is 2.61. The van der Waals surface area contributed by atoms with E-state index in [0.29, 0.717) is 0 Å². The first kappa shape index (κ1) is 24.7. The maximum atomic E-state index is 13.3. The second-order valence-corrected chi connectivity index (χ2v) is 9.75. The summed E-state index contributed by atoms with van der Waals surface area (Å²) in [6.45, 7) is -0.719. The number of nitrogens with one attached hydrogen (secondary N) is 2. The van der Waals surface area contributed by atoms with Crippen LogP contribution in [-0.4, -0.2) is 47.1 Å². The monoisotopic (exact) mass is 521 g/mol. The number of rotatable bonds is 7. The van der Waals surface area contributed by atoms with Gasteiger partial charge in [0.2, 0.25) is 11.8 Å². The molecule has 190 valence electrons. The molecular weight excluding hydrogens is 498 g/mol. The highest BCUT2D eigenvalue weighted by molar-refractivity contribution is 6.33. The van der Waals surface area contributed by atoms with Gasteiger partial charge in [-0.05, 0) is 36.0 Å². The number of carbonyl (C=O) groups is 5. The topological polar surface area (TPSA) is 122 Å². The quantitative estimate of drug-likeness (QED) is 0.249. The molecule has 9 nitrogen and oxygen atoms in total. The zero-order chi connectivity index (χ0) is 26.1. The average Bonchev–Trinajstić information content (AvgIpc) is 3.59. The second kappa shape index (κ2) is 10.2. The van der Waals surface area contributed by atoms with Crippen molar-refractivity contribution in [2.24, 2.45) is 23.7 Å². The molecule has 0 aromatic heterocycles. The minimum absolute atomic E-state index is 0.00245. The van der Waals surface area contributed by atoms with Crippen molar-refractivity contribution in [3.05, 3.63) is 82.9 Å². The van der Waals surface area contributed by atoms with Crippen LogP contribution in [-0.2, 0) is 30.3 Å². The Morgan fingerprint density at radius 3 is 2.19 bits per heavy atom. The van der Waals surface area contributed by atoms with Gasteiger partial charge < -0.3 is 4.74 Å². The molecule has 0 radical (unpaired) electrons. The highest BCUT2D eigenvalue weighted by Crippen LogP contribution is 2.53. The lowest BCUT2D eigenvalue weighted by Gasteiger charge is -2.26. The van der Waals surface area contributed by atoms with Crippen molar-refractivity contribution >= 4 is 41.2 Å². The smallest absolute Gasteiger partial charge is 0.330 e. The second-order valence-electron chi connectivity index (χ2n) is 9.34. The summed E-state index contributed by atoms with van der Waals surface area (Å²) in [5, 5.41) is 0.206. The maximum Gasteiger partial charge on any atom is 0.330 e.